The summed E-state index contributed by atoms with van der Waals surface area (Å²) < 4.78 is 24.2. The molecule has 0 saturated carbocycles. The minimum absolute atomic E-state index is 0.459. The van der Waals surface area contributed by atoms with E-state index in [4.69, 9.17) is 0 Å². The van der Waals surface area contributed by atoms with Gasteiger partial charge in [0.2, 0.25) is 0 Å². The number of nitrogens with zero attached hydrogens (tertiary/aromatic N) is 1. The van der Waals surface area contributed by atoms with E-state index in [1.54, 1.807) is 13.8 Å². The zero-order valence-corrected chi connectivity index (χ0v) is 11.1. The molecule has 0 saturated heterocycles. The minimum atomic E-state index is -3.02. The topological polar surface area (TPSA) is 51.1 Å². The van der Waals surface area contributed by atoms with E-state index in [1.807, 2.05) is 30.1 Å². The first kappa shape index (κ1) is 13.3. The second-order valence-electron chi connectivity index (χ2n) is 4.82. The first-order valence-corrected chi connectivity index (χ1v) is 7.13. The first-order chi connectivity index (χ1) is 7.22. The van der Waals surface area contributed by atoms with Gasteiger partial charge in [0.25, 0.3) is 0 Å². The van der Waals surface area contributed by atoms with Crippen LogP contribution in [0.3, 0.4) is 0 Å². The van der Waals surface area contributed by atoms with Crippen LogP contribution in [0.1, 0.15) is 19.4 Å². The number of sulfone groups is 1. The highest BCUT2D eigenvalue weighted by Gasteiger charge is 2.29. The van der Waals surface area contributed by atoms with E-state index in [0.717, 1.165) is 5.56 Å². The van der Waals surface area contributed by atoms with Gasteiger partial charge < -0.3 is 9.88 Å². The van der Waals surface area contributed by atoms with Crippen molar-refractivity contribution >= 4 is 9.84 Å². The van der Waals surface area contributed by atoms with Crippen molar-refractivity contribution in [3.63, 3.8) is 0 Å². The Kier molecular flexibility index (Phi) is 3.80. The molecule has 0 amide bonds. The van der Waals surface area contributed by atoms with E-state index >= 15 is 0 Å². The van der Waals surface area contributed by atoms with Gasteiger partial charge in [-0.2, -0.15) is 0 Å². The van der Waals surface area contributed by atoms with Crippen molar-refractivity contribution in [3.8, 4) is 0 Å². The van der Waals surface area contributed by atoms with Crippen LogP contribution >= 0.6 is 0 Å². The molecule has 0 bridgehead atoms. The fourth-order valence-electron chi connectivity index (χ4n) is 1.30. The van der Waals surface area contributed by atoms with E-state index < -0.39 is 14.6 Å². The summed E-state index contributed by atoms with van der Waals surface area (Å²) >= 11 is 0. The zero-order valence-electron chi connectivity index (χ0n) is 10.3. The van der Waals surface area contributed by atoms with Crippen LogP contribution in [0.25, 0.3) is 0 Å². The average Bonchev–Trinajstić information content (AvgIpc) is 2.49. The van der Waals surface area contributed by atoms with Crippen LogP contribution < -0.4 is 5.32 Å². The summed E-state index contributed by atoms with van der Waals surface area (Å²) in [4.78, 5) is 0. The summed E-state index contributed by atoms with van der Waals surface area (Å²) in [6.45, 7) is 4.63. The van der Waals surface area contributed by atoms with E-state index in [1.165, 1.54) is 6.26 Å². The standard InChI is InChI=1S/C11H20N2O2S/c1-11(2,16(4,14)15)9-12-7-10-5-6-13(3)8-10/h5-6,8,12H,7,9H2,1-4H3. The Hall–Kier alpha value is -0.810. The molecule has 0 spiro atoms. The van der Waals surface area contributed by atoms with Gasteiger partial charge >= 0.3 is 0 Å². The molecule has 5 heteroatoms. The van der Waals surface area contributed by atoms with Crippen LogP contribution in [0.5, 0.6) is 0 Å². The monoisotopic (exact) mass is 244 g/mol. The molecule has 16 heavy (non-hydrogen) atoms. The van der Waals surface area contributed by atoms with Crippen LogP contribution in [-0.4, -0.2) is 30.5 Å². The summed E-state index contributed by atoms with van der Waals surface area (Å²) in [5, 5.41) is 3.17. The van der Waals surface area contributed by atoms with E-state index in [2.05, 4.69) is 5.32 Å². The highest BCUT2D eigenvalue weighted by molar-refractivity contribution is 7.92. The molecule has 1 rings (SSSR count). The second-order valence-corrected chi connectivity index (χ2v) is 7.47. The Bertz CT molecular complexity index is 446. The maximum atomic E-state index is 11.5. The quantitative estimate of drug-likeness (QED) is 0.838. The molecule has 0 aromatic carbocycles. The molecule has 1 N–H and O–H groups in total. The first-order valence-electron chi connectivity index (χ1n) is 5.23. The summed E-state index contributed by atoms with van der Waals surface area (Å²) in [6, 6.07) is 2.01. The molecule has 1 aromatic rings. The maximum absolute atomic E-state index is 11.5. The lowest BCUT2D eigenvalue weighted by Gasteiger charge is -2.22. The van der Waals surface area contributed by atoms with Gasteiger partial charge in [0.05, 0.1) is 4.75 Å². The van der Waals surface area contributed by atoms with Crippen molar-refractivity contribution in [2.45, 2.75) is 25.1 Å². The number of rotatable bonds is 5. The lowest BCUT2D eigenvalue weighted by Crippen LogP contribution is -2.41. The van der Waals surface area contributed by atoms with E-state index in [9.17, 15) is 8.42 Å². The van der Waals surface area contributed by atoms with Crippen LogP contribution in [0, 0.1) is 0 Å². The van der Waals surface area contributed by atoms with Crippen LogP contribution in [-0.2, 0) is 23.4 Å². The fourth-order valence-corrected chi connectivity index (χ4v) is 1.67. The largest absolute Gasteiger partial charge is 0.357 e. The van der Waals surface area contributed by atoms with Crippen molar-refractivity contribution in [2.24, 2.45) is 7.05 Å². The summed E-state index contributed by atoms with van der Waals surface area (Å²) in [7, 11) is -1.06. The molecule has 1 heterocycles. The summed E-state index contributed by atoms with van der Waals surface area (Å²) in [6.07, 6.45) is 5.26. The van der Waals surface area contributed by atoms with E-state index in [-0.39, 0.29) is 0 Å². The van der Waals surface area contributed by atoms with Gasteiger partial charge in [-0.05, 0) is 25.5 Å². The third-order valence-corrected chi connectivity index (χ3v) is 4.93. The highest BCUT2D eigenvalue weighted by atomic mass is 32.2. The second kappa shape index (κ2) is 4.59. The molecular weight excluding hydrogens is 224 g/mol. The van der Waals surface area contributed by atoms with Crippen LogP contribution in [0.4, 0.5) is 0 Å². The van der Waals surface area contributed by atoms with Gasteiger partial charge in [0.15, 0.2) is 9.84 Å². The smallest absolute Gasteiger partial charge is 0.153 e. The normalized spacial score (nSPS) is 13.0. The van der Waals surface area contributed by atoms with Gasteiger partial charge in [-0.25, -0.2) is 8.42 Å². The fraction of sp³-hybridized carbons (Fsp3) is 0.636. The van der Waals surface area contributed by atoms with Crippen molar-refractivity contribution in [3.05, 3.63) is 24.0 Å². The predicted octanol–water partition coefficient (Wildman–Crippen LogP) is 0.938. The number of aryl methyl sites for hydroxylation is 1. The minimum Gasteiger partial charge on any atom is -0.357 e. The van der Waals surface area contributed by atoms with Crippen molar-refractivity contribution in [2.75, 3.05) is 12.8 Å². The molecule has 0 aliphatic heterocycles. The van der Waals surface area contributed by atoms with E-state index in [0.29, 0.717) is 13.1 Å². The number of aromatic nitrogens is 1. The Labute approximate surface area is 97.6 Å². The van der Waals surface area contributed by atoms with Crippen LogP contribution in [0.15, 0.2) is 18.5 Å². The average molecular weight is 244 g/mol. The molecule has 0 aliphatic carbocycles. The van der Waals surface area contributed by atoms with Crippen molar-refractivity contribution in [1.29, 1.82) is 0 Å². The Morgan fingerprint density at radius 1 is 1.44 bits per heavy atom. The lowest BCUT2D eigenvalue weighted by molar-refractivity contribution is 0.521. The van der Waals surface area contributed by atoms with Gasteiger partial charge in [0.1, 0.15) is 0 Å². The van der Waals surface area contributed by atoms with Crippen LogP contribution in [0.2, 0.25) is 0 Å². The molecule has 0 unspecified atom stereocenters. The Balaban J connectivity index is 2.48. The van der Waals surface area contributed by atoms with Gasteiger partial charge in [-0.1, -0.05) is 0 Å². The van der Waals surface area contributed by atoms with Crippen molar-refractivity contribution < 1.29 is 8.42 Å². The molecule has 1 aromatic heterocycles. The highest BCUT2D eigenvalue weighted by Crippen LogP contribution is 2.13. The number of hydrogen-bond donors (Lipinski definition) is 1. The summed E-state index contributed by atoms with van der Waals surface area (Å²) in [5.41, 5.74) is 1.16. The maximum Gasteiger partial charge on any atom is 0.153 e. The predicted molar refractivity (Wildman–Crippen MR) is 66.0 cm³/mol. The van der Waals surface area contributed by atoms with Gasteiger partial charge in [0, 0.05) is 38.8 Å². The van der Waals surface area contributed by atoms with Gasteiger partial charge in [-0.3, -0.25) is 0 Å². The SMILES string of the molecule is Cn1ccc(CNCC(C)(C)S(C)(=O)=O)c1. The van der Waals surface area contributed by atoms with Gasteiger partial charge in [-0.15, -0.1) is 0 Å². The Morgan fingerprint density at radius 2 is 2.06 bits per heavy atom. The zero-order chi connectivity index (χ0) is 12.4. The molecule has 0 radical (unpaired) electrons. The third kappa shape index (κ3) is 3.35. The molecule has 92 valence electrons. The molecule has 0 atom stereocenters. The molecule has 0 aliphatic rings. The number of hydrogen-bond acceptors (Lipinski definition) is 3. The Morgan fingerprint density at radius 3 is 2.50 bits per heavy atom. The molecule has 0 fully saturated rings. The summed E-state index contributed by atoms with van der Waals surface area (Å²) in [5.74, 6) is 0. The van der Waals surface area contributed by atoms with Crippen molar-refractivity contribution in [1.82, 2.24) is 9.88 Å². The third-order valence-electron chi connectivity index (χ3n) is 2.78. The molecule has 4 nitrogen and oxygen atoms in total. The lowest BCUT2D eigenvalue weighted by atomic mass is 10.2. The number of nitrogens with one attached hydrogen (secondary N) is 1. The molecular formula is C11H20N2O2S.